The average Bonchev–Trinajstić information content (AvgIpc) is 3.43. The molecule has 2 aliphatic heterocycles. The number of hydrogen-bond acceptors (Lipinski definition) is 6. The SMILES string of the molecule is Cc1cc(C(F)(F)F)cc(N2c3ncccc3CC2C(=O)Nc2ccc3c(c2)N(C(=O)OC(C)(C)C)CC3)n1. The Morgan fingerprint density at radius 2 is 1.85 bits per heavy atom. The molecule has 204 valence electrons. The van der Waals surface area contributed by atoms with Crippen LogP contribution in [0.2, 0.25) is 0 Å². The number of ether oxygens (including phenoxy) is 1. The normalized spacial score (nSPS) is 16.6. The van der Waals surface area contributed by atoms with Gasteiger partial charge in [-0.3, -0.25) is 14.6 Å². The Labute approximate surface area is 223 Å². The summed E-state index contributed by atoms with van der Waals surface area (Å²) in [7, 11) is 0. The molecule has 2 aromatic heterocycles. The highest BCUT2D eigenvalue weighted by Gasteiger charge is 2.39. The monoisotopic (exact) mass is 539 g/mol. The maximum absolute atomic E-state index is 13.6. The third-order valence-electron chi connectivity index (χ3n) is 6.50. The highest BCUT2D eigenvalue weighted by atomic mass is 19.4. The van der Waals surface area contributed by atoms with Crippen LogP contribution in [0.4, 0.5) is 41.0 Å². The molecule has 1 atom stereocenters. The molecule has 1 aromatic carbocycles. The Bertz CT molecular complexity index is 1450. The summed E-state index contributed by atoms with van der Waals surface area (Å²) in [5.74, 6) is -0.0643. The van der Waals surface area contributed by atoms with Gasteiger partial charge in [0.05, 0.1) is 11.3 Å². The van der Waals surface area contributed by atoms with E-state index in [1.54, 1.807) is 45.0 Å². The van der Waals surface area contributed by atoms with Gasteiger partial charge < -0.3 is 10.1 Å². The van der Waals surface area contributed by atoms with Crippen LogP contribution in [0.25, 0.3) is 0 Å². The number of hydrogen-bond donors (Lipinski definition) is 1. The molecule has 4 heterocycles. The number of carbonyl (C=O) groups is 2. The average molecular weight is 540 g/mol. The van der Waals surface area contributed by atoms with Gasteiger partial charge in [-0.15, -0.1) is 0 Å². The van der Waals surface area contributed by atoms with Crippen LogP contribution in [-0.4, -0.2) is 40.2 Å². The van der Waals surface area contributed by atoms with Crippen molar-refractivity contribution in [1.29, 1.82) is 0 Å². The molecule has 0 bridgehead atoms. The van der Waals surface area contributed by atoms with E-state index in [0.29, 0.717) is 30.2 Å². The number of rotatable bonds is 3. The van der Waals surface area contributed by atoms with Crippen molar-refractivity contribution in [2.24, 2.45) is 0 Å². The molecule has 1 N–H and O–H groups in total. The van der Waals surface area contributed by atoms with E-state index < -0.39 is 35.4 Å². The summed E-state index contributed by atoms with van der Waals surface area (Å²) in [5, 5.41) is 2.88. The van der Waals surface area contributed by atoms with Crippen LogP contribution in [0.5, 0.6) is 0 Å². The molecule has 0 spiro atoms. The van der Waals surface area contributed by atoms with E-state index in [1.807, 2.05) is 6.07 Å². The number of aryl methyl sites for hydroxylation is 1. The van der Waals surface area contributed by atoms with Crippen LogP contribution in [-0.2, 0) is 28.5 Å². The number of anilines is 4. The summed E-state index contributed by atoms with van der Waals surface area (Å²) in [4.78, 5) is 38.0. The van der Waals surface area contributed by atoms with E-state index in [1.165, 1.54) is 22.9 Å². The van der Waals surface area contributed by atoms with Gasteiger partial charge in [0, 0.05) is 30.5 Å². The van der Waals surface area contributed by atoms with Crippen molar-refractivity contribution >= 4 is 35.0 Å². The summed E-state index contributed by atoms with van der Waals surface area (Å²) in [6, 6.07) is 9.82. The lowest BCUT2D eigenvalue weighted by Gasteiger charge is -2.26. The number of nitrogens with zero attached hydrogens (tertiary/aromatic N) is 4. The van der Waals surface area contributed by atoms with E-state index in [4.69, 9.17) is 4.74 Å². The largest absolute Gasteiger partial charge is 0.443 e. The van der Waals surface area contributed by atoms with E-state index >= 15 is 0 Å². The van der Waals surface area contributed by atoms with Crippen LogP contribution in [0.15, 0.2) is 48.7 Å². The van der Waals surface area contributed by atoms with Gasteiger partial charge in [-0.1, -0.05) is 12.1 Å². The smallest absolute Gasteiger partial charge is 0.416 e. The van der Waals surface area contributed by atoms with Crippen LogP contribution >= 0.6 is 0 Å². The summed E-state index contributed by atoms with van der Waals surface area (Å²) < 4.78 is 46.3. The molecular formula is C28H28F3N5O3. The fraction of sp³-hybridized carbons (Fsp3) is 0.357. The molecule has 39 heavy (non-hydrogen) atoms. The van der Waals surface area contributed by atoms with Crippen molar-refractivity contribution in [2.45, 2.75) is 58.4 Å². The zero-order valence-corrected chi connectivity index (χ0v) is 22.0. The number of amides is 2. The third-order valence-corrected chi connectivity index (χ3v) is 6.50. The van der Waals surface area contributed by atoms with Crippen LogP contribution in [0, 0.1) is 6.92 Å². The van der Waals surface area contributed by atoms with Gasteiger partial charge in [0.2, 0.25) is 5.91 Å². The summed E-state index contributed by atoms with van der Waals surface area (Å²) >= 11 is 0. The molecule has 2 aliphatic rings. The van der Waals surface area contributed by atoms with E-state index in [9.17, 15) is 22.8 Å². The molecule has 2 amide bonds. The first-order valence-electron chi connectivity index (χ1n) is 12.5. The van der Waals surface area contributed by atoms with E-state index in [0.717, 1.165) is 23.3 Å². The predicted molar refractivity (Wildman–Crippen MR) is 140 cm³/mol. The molecule has 11 heteroatoms. The van der Waals surface area contributed by atoms with Crippen molar-refractivity contribution in [2.75, 3.05) is 21.7 Å². The molecule has 0 fully saturated rings. The second-order valence-corrected chi connectivity index (χ2v) is 10.6. The lowest BCUT2D eigenvalue weighted by atomic mass is 10.1. The minimum absolute atomic E-state index is 0.00928. The highest BCUT2D eigenvalue weighted by Crippen LogP contribution is 2.39. The molecule has 0 saturated carbocycles. The standard InChI is InChI=1S/C28H28F3N5O3/c1-16-12-19(28(29,30)31)14-23(33-16)36-22(13-18-6-5-10-32-24(18)36)25(37)34-20-8-7-17-9-11-35(21(17)15-20)26(38)39-27(2,3)4/h5-8,10,12,14-15,22H,9,11,13H2,1-4H3,(H,34,37). The van der Waals surface area contributed by atoms with Crippen molar-refractivity contribution < 1.29 is 27.5 Å². The Morgan fingerprint density at radius 3 is 2.56 bits per heavy atom. The van der Waals surface area contributed by atoms with Crippen LogP contribution in [0.1, 0.15) is 43.2 Å². The molecule has 1 unspecified atom stereocenters. The minimum atomic E-state index is -4.57. The number of carbonyl (C=O) groups excluding carboxylic acids is 2. The fourth-order valence-electron chi connectivity index (χ4n) is 4.86. The van der Waals surface area contributed by atoms with E-state index in [2.05, 4.69) is 15.3 Å². The maximum atomic E-state index is 13.6. The molecule has 0 aliphatic carbocycles. The lowest BCUT2D eigenvalue weighted by molar-refractivity contribution is -0.137. The Kier molecular flexibility index (Phi) is 6.48. The number of benzene rings is 1. The Hall–Kier alpha value is -4.15. The molecule has 0 radical (unpaired) electrons. The first-order valence-corrected chi connectivity index (χ1v) is 12.5. The van der Waals surface area contributed by atoms with Crippen molar-refractivity contribution in [1.82, 2.24) is 9.97 Å². The number of pyridine rings is 2. The first-order chi connectivity index (χ1) is 18.3. The van der Waals surface area contributed by atoms with Gasteiger partial charge >= 0.3 is 12.3 Å². The number of alkyl halides is 3. The van der Waals surface area contributed by atoms with Crippen molar-refractivity contribution in [3.8, 4) is 0 Å². The van der Waals surface area contributed by atoms with Gasteiger partial charge in [0.15, 0.2) is 0 Å². The maximum Gasteiger partial charge on any atom is 0.416 e. The summed E-state index contributed by atoms with van der Waals surface area (Å²) in [6.07, 6.45) is -2.63. The zero-order chi connectivity index (χ0) is 28.1. The summed E-state index contributed by atoms with van der Waals surface area (Å²) in [6.45, 7) is 7.31. The van der Waals surface area contributed by atoms with Gasteiger partial charge in [-0.05, 0) is 75.6 Å². The van der Waals surface area contributed by atoms with Gasteiger partial charge in [0.1, 0.15) is 23.3 Å². The van der Waals surface area contributed by atoms with Crippen molar-refractivity contribution in [3.05, 3.63) is 71.0 Å². The molecule has 8 nitrogen and oxygen atoms in total. The van der Waals surface area contributed by atoms with Crippen LogP contribution < -0.4 is 15.1 Å². The van der Waals surface area contributed by atoms with Gasteiger partial charge in [-0.25, -0.2) is 14.8 Å². The fourth-order valence-corrected chi connectivity index (χ4v) is 4.86. The Balaban J connectivity index is 1.44. The molecule has 0 saturated heterocycles. The minimum Gasteiger partial charge on any atom is -0.443 e. The summed E-state index contributed by atoms with van der Waals surface area (Å²) in [5.41, 5.74) is 1.42. The number of fused-ring (bicyclic) bond motifs is 2. The Morgan fingerprint density at radius 1 is 1.08 bits per heavy atom. The second-order valence-electron chi connectivity index (χ2n) is 10.6. The van der Waals surface area contributed by atoms with Crippen molar-refractivity contribution in [3.63, 3.8) is 0 Å². The topological polar surface area (TPSA) is 87.7 Å². The first kappa shape index (κ1) is 26.5. The highest BCUT2D eigenvalue weighted by molar-refractivity contribution is 6.01. The predicted octanol–water partition coefficient (Wildman–Crippen LogP) is 5.80. The van der Waals surface area contributed by atoms with Crippen LogP contribution in [0.3, 0.4) is 0 Å². The molecule has 5 rings (SSSR count). The third kappa shape index (κ3) is 5.39. The molecular weight excluding hydrogens is 511 g/mol. The second kappa shape index (κ2) is 9.55. The quantitative estimate of drug-likeness (QED) is 0.453. The number of aromatic nitrogens is 2. The lowest BCUT2D eigenvalue weighted by Crippen LogP contribution is -2.40. The van der Waals surface area contributed by atoms with E-state index in [-0.39, 0.29) is 17.9 Å². The zero-order valence-electron chi connectivity index (χ0n) is 22.0. The molecule has 3 aromatic rings. The number of nitrogens with one attached hydrogen (secondary N) is 1. The van der Waals surface area contributed by atoms with Gasteiger partial charge in [0.25, 0.3) is 0 Å². The number of halogens is 3. The van der Waals surface area contributed by atoms with Gasteiger partial charge in [-0.2, -0.15) is 13.2 Å².